The van der Waals surface area contributed by atoms with Crippen molar-refractivity contribution in [1.29, 1.82) is 0 Å². The first-order valence-electron chi connectivity index (χ1n) is 10.0. The van der Waals surface area contributed by atoms with Gasteiger partial charge in [0.2, 0.25) is 5.78 Å². The molecule has 0 saturated carbocycles. The smallest absolute Gasteiger partial charge is 0.337 e. The molecule has 0 saturated heterocycles. The van der Waals surface area contributed by atoms with Crippen LogP contribution in [-0.4, -0.2) is 28.6 Å². The van der Waals surface area contributed by atoms with Crippen LogP contribution in [0.3, 0.4) is 0 Å². The third-order valence-electron chi connectivity index (χ3n) is 5.19. The SMILES string of the molecule is COC(=O)c1ccc2c(c1)C(=O)C(=Cc1cn(-c3ccccc3)nc1-c1ccccc1)O2. The Hall–Kier alpha value is -4.45. The van der Waals surface area contributed by atoms with Crippen LogP contribution >= 0.6 is 0 Å². The first-order chi connectivity index (χ1) is 15.6. The van der Waals surface area contributed by atoms with Crippen molar-refractivity contribution < 1.29 is 19.1 Å². The number of ether oxygens (including phenoxy) is 2. The van der Waals surface area contributed by atoms with E-state index in [2.05, 4.69) is 0 Å². The number of carbonyl (C=O) groups excluding carboxylic acids is 2. The minimum atomic E-state index is -0.506. The van der Waals surface area contributed by atoms with Gasteiger partial charge in [-0.2, -0.15) is 5.10 Å². The maximum atomic E-state index is 13.0. The lowest BCUT2D eigenvalue weighted by Gasteiger charge is -2.01. The fourth-order valence-corrected chi connectivity index (χ4v) is 3.60. The van der Waals surface area contributed by atoms with Gasteiger partial charge in [-0.1, -0.05) is 48.5 Å². The van der Waals surface area contributed by atoms with Gasteiger partial charge in [0, 0.05) is 17.3 Å². The Kier molecular flexibility index (Phi) is 4.88. The van der Waals surface area contributed by atoms with Crippen molar-refractivity contribution in [2.45, 2.75) is 0 Å². The molecule has 2 heterocycles. The minimum Gasteiger partial charge on any atom is -0.465 e. The van der Waals surface area contributed by atoms with Crippen LogP contribution in [0.2, 0.25) is 0 Å². The summed E-state index contributed by atoms with van der Waals surface area (Å²) in [5, 5.41) is 4.76. The monoisotopic (exact) mass is 422 g/mol. The highest BCUT2D eigenvalue weighted by Gasteiger charge is 2.29. The summed E-state index contributed by atoms with van der Waals surface area (Å²) in [7, 11) is 1.30. The van der Waals surface area contributed by atoms with E-state index in [9.17, 15) is 9.59 Å². The summed E-state index contributed by atoms with van der Waals surface area (Å²) in [5.41, 5.74) is 3.92. The lowest BCUT2D eigenvalue weighted by Crippen LogP contribution is -2.03. The van der Waals surface area contributed by atoms with Gasteiger partial charge in [-0.25, -0.2) is 9.48 Å². The number of esters is 1. The number of benzene rings is 3. The molecule has 32 heavy (non-hydrogen) atoms. The molecule has 1 aliphatic heterocycles. The van der Waals surface area contributed by atoms with E-state index in [1.165, 1.54) is 13.2 Å². The predicted octanol–water partition coefficient (Wildman–Crippen LogP) is 4.94. The van der Waals surface area contributed by atoms with E-state index >= 15 is 0 Å². The van der Waals surface area contributed by atoms with Crippen LogP contribution in [0.25, 0.3) is 23.0 Å². The van der Waals surface area contributed by atoms with Gasteiger partial charge in [-0.3, -0.25) is 4.79 Å². The molecule has 0 fully saturated rings. The third kappa shape index (κ3) is 3.48. The van der Waals surface area contributed by atoms with E-state index in [1.807, 2.05) is 66.9 Å². The van der Waals surface area contributed by atoms with Crippen LogP contribution in [0.15, 0.2) is 90.8 Å². The van der Waals surface area contributed by atoms with Crippen LogP contribution in [0, 0.1) is 0 Å². The molecule has 156 valence electrons. The minimum absolute atomic E-state index is 0.173. The Morgan fingerprint density at radius 3 is 2.44 bits per heavy atom. The van der Waals surface area contributed by atoms with E-state index in [-0.39, 0.29) is 11.5 Å². The molecule has 0 atom stereocenters. The van der Waals surface area contributed by atoms with Gasteiger partial charge in [0.05, 0.1) is 23.9 Å². The second-order valence-electron chi connectivity index (χ2n) is 7.22. The number of nitrogens with zero attached hydrogens (tertiary/aromatic N) is 2. The Morgan fingerprint density at radius 2 is 1.72 bits per heavy atom. The fraction of sp³-hybridized carbons (Fsp3) is 0.0385. The summed E-state index contributed by atoms with van der Waals surface area (Å²) in [6.45, 7) is 0. The molecule has 3 aromatic carbocycles. The molecule has 0 radical (unpaired) electrons. The third-order valence-corrected chi connectivity index (χ3v) is 5.19. The molecular weight excluding hydrogens is 404 g/mol. The normalized spacial score (nSPS) is 13.7. The highest BCUT2D eigenvalue weighted by atomic mass is 16.5. The molecule has 6 nitrogen and oxygen atoms in total. The molecule has 0 aliphatic carbocycles. The Morgan fingerprint density at radius 1 is 1.00 bits per heavy atom. The number of allylic oxidation sites excluding steroid dienone is 1. The number of Topliss-reactive ketones (excluding diaryl/α,β-unsaturated/α-hetero) is 1. The van der Waals surface area contributed by atoms with E-state index in [0.717, 1.165) is 22.5 Å². The van der Waals surface area contributed by atoms with E-state index in [0.29, 0.717) is 16.9 Å². The molecule has 0 amide bonds. The second kappa shape index (κ2) is 8.00. The van der Waals surface area contributed by atoms with Crippen molar-refractivity contribution in [3.63, 3.8) is 0 Å². The number of ketones is 1. The quantitative estimate of drug-likeness (QED) is 0.344. The lowest BCUT2D eigenvalue weighted by molar-refractivity contribution is 0.0600. The van der Waals surface area contributed by atoms with Crippen LogP contribution in [0.4, 0.5) is 0 Å². The van der Waals surface area contributed by atoms with Crippen molar-refractivity contribution in [3.05, 3.63) is 108 Å². The van der Waals surface area contributed by atoms with Gasteiger partial charge < -0.3 is 9.47 Å². The van der Waals surface area contributed by atoms with Crippen molar-refractivity contribution in [2.24, 2.45) is 0 Å². The number of aromatic nitrogens is 2. The Bertz CT molecular complexity index is 1360. The van der Waals surface area contributed by atoms with Crippen LogP contribution in [0.5, 0.6) is 5.75 Å². The number of methoxy groups -OCH3 is 1. The van der Waals surface area contributed by atoms with Gasteiger partial charge in [0.25, 0.3) is 0 Å². The van der Waals surface area contributed by atoms with Gasteiger partial charge in [0.1, 0.15) is 11.4 Å². The Labute approximate surface area is 184 Å². The first kappa shape index (κ1) is 19.5. The zero-order valence-electron chi connectivity index (χ0n) is 17.2. The molecule has 0 unspecified atom stereocenters. The highest BCUT2D eigenvalue weighted by molar-refractivity contribution is 6.15. The van der Waals surface area contributed by atoms with Crippen LogP contribution in [-0.2, 0) is 4.74 Å². The molecule has 1 aliphatic rings. The van der Waals surface area contributed by atoms with E-state index < -0.39 is 5.97 Å². The van der Waals surface area contributed by atoms with Gasteiger partial charge in [-0.05, 0) is 36.4 Å². The van der Waals surface area contributed by atoms with Crippen LogP contribution < -0.4 is 4.74 Å². The van der Waals surface area contributed by atoms with Gasteiger partial charge >= 0.3 is 5.97 Å². The summed E-state index contributed by atoms with van der Waals surface area (Å²) in [6.07, 6.45) is 3.55. The number of para-hydroxylation sites is 1. The number of rotatable bonds is 4. The molecule has 0 spiro atoms. The number of hydrogen-bond donors (Lipinski definition) is 0. The molecule has 1 aromatic heterocycles. The molecule has 4 aromatic rings. The lowest BCUT2D eigenvalue weighted by atomic mass is 10.0. The average Bonchev–Trinajstić information content (AvgIpc) is 3.41. The maximum Gasteiger partial charge on any atom is 0.337 e. The van der Waals surface area contributed by atoms with Crippen molar-refractivity contribution in [2.75, 3.05) is 7.11 Å². The molecule has 5 rings (SSSR count). The van der Waals surface area contributed by atoms with Crippen LogP contribution in [0.1, 0.15) is 26.3 Å². The van der Waals surface area contributed by atoms with E-state index in [4.69, 9.17) is 14.6 Å². The summed E-state index contributed by atoms with van der Waals surface area (Å²) in [5.74, 6) is -0.219. The predicted molar refractivity (Wildman–Crippen MR) is 120 cm³/mol. The number of hydrogen-bond acceptors (Lipinski definition) is 5. The summed E-state index contributed by atoms with van der Waals surface area (Å²) in [4.78, 5) is 24.8. The van der Waals surface area contributed by atoms with E-state index in [1.54, 1.807) is 22.9 Å². The number of fused-ring (bicyclic) bond motifs is 1. The zero-order valence-corrected chi connectivity index (χ0v) is 17.2. The average molecular weight is 422 g/mol. The number of carbonyl (C=O) groups is 2. The molecule has 6 heteroatoms. The largest absolute Gasteiger partial charge is 0.465 e. The first-order valence-corrected chi connectivity index (χ1v) is 10.0. The summed E-state index contributed by atoms with van der Waals surface area (Å²) >= 11 is 0. The highest BCUT2D eigenvalue weighted by Crippen LogP contribution is 2.34. The topological polar surface area (TPSA) is 70.4 Å². The van der Waals surface area contributed by atoms with Crippen molar-refractivity contribution in [1.82, 2.24) is 9.78 Å². The molecular formula is C26H18N2O4. The zero-order chi connectivity index (χ0) is 22.1. The van der Waals surface area contributed by atoms with Crippen molar-refractivity contribution in [3.8, 4) is 22.7 Å². The van der Waals surface area contributed by atoms with Gasteiger partial charge in [-0.15, -0.1) is 0 Å². The maximum absolute atomic E-state index is 13.0. The Balaban J connectivity index is 1.58. The standard InChI is InChI=1S/C26H18N2O4/c1-31-26(30)18-12-13-22-21(14-18)25(29)23(32-22)15-19-16-28(20-10-6-3-7-11-20)27-24(19)17-8-4-2-5-9-17/h2-16H,1H3. The second-order valence-corrected chi connectivity index (χ2v) is 7.22. The van der Waals surface area contributed by atoms with Gasteiger partial charge in [0.15, 0.2) is 5.76 Å². The molecule has 0 bridgehead atoms. The summed E-state index contributed by atoms with van der Waals surface area (Å²) < 4.78 is 12.3. The fourth-order valence-electron chi connectivity index (χ4n) is 3.60. The molecule has 0 N–H and O–H groups in total. The van der Waals surface area contributed by atoms with Crippen molar-refractivity contribution >= 4 is 17.8 Å². The summed E-state index contributed by atoms with van der Waals surface area (Å²) in [6, 6.07) is 24.2.